The minimum Gasteiger partial charge on any atom is -0.399 e. The summed E-state index contributed by atoms with van der Waals surface area (Å²) < 4.78 is 0. The summed E-state index contributed by atoms with van der Waals surface area (Å²) in [6.07, 6.45) is 3.55. The Morgan fingerprint density at radius 1 is 1.14 bits per heavy atom. The van der Waals surface area contributed by atoms with Crippen LogP contribution in [-0.2, 0) is 4.79 Å². The Hall–Kier alpha value is -2.27. The number of rotatable bonds is 3. The zero-order valence-electron chi connectivity index (χ0n) is 12.3. The molecule has 1 amide bonds. The van der Waals surface area contributed by atoms with Crippen molar-refractivity contribution in [3.63, 3.8) is 0 Å². The molecule has 0 aliphatic carbocycles. The Balaban J connectivity index is 1.56. The minimum atomic E-state index is 0.0839. The molecule has 22 heavy (non-hydrogen) atoms. The van der Waals surface area contributed by atoms with E-state index in [4.69, 9.17) is 5.73 Å². The molecule has 3 rings (SSSR count). The fourth-order valence-corrected chi connectivity index (χ4v) is 3.17. The van der Waals surface area contributed by atoms with E-state index in [0.29, 0.717) is 0 Å². The zero-order chi connectivity index (χ0) is 15.4. The second-order valence-electron chi connectivity index (χ2n) is 5.26. The number of piperazine rings is 1. The lowest BCUT2D eigenvalue weighted by atomic mass is 10.2. The molecular weight excluding hydrogens is 294 g/mol. The highest BCUT2D eigenvalue weighted by molar-refractivity contribution is 7.10. The molecule has 1 aromatic heterocycles. The lowest BCUT2D eigenvalue weighted by Gasteiger charge is -2.35. The number of nitrogens with zero attached hydrogens (tertiary/aromatic N) is 2. The van der Waals surface area contributed by atoms with Gasteiger partial charge in [0.05, 0.1) is 0 Å². The molecule has 1 fully saturated rings. The van der Waals surface area contributed by atoms with Crippen molar-refractivity contribution < 1.29 is 4.79 Å². The summed E-state index contributed by atoms with van der Waals surface area (Å²) >= 11 is 1.63. The molecular formula is C17H19N3OS. The maximum absolute atomic E-state index is 12.2. The van der Waals surface area contributed by atoms with Crippen molar-refractivity contribution in [1.82, 2.24) is 4.90 Å². The summed E-state index contributed by atoms with van der Waals surface area (Å²) in [5, 5.41) is 2.01. The van der Waals surface area contributed by atoms with E-state index in [0.717, 1.165) is 42.4 Å². The van der Waals surface area contributed by atoms with Crippen LogP contribution in [0.2, 0.25) is 0 Å². The molecule has 0 atom stereocenters. The molecule has 0 bridgehead atoms. The molecule has 114 valence electrons. The Labute approximate surface area is 134 Å². The molecule has 2 N–H and O–H groups in total. The number of thiophene rings is 1. The minimum absolute atomic E-state index is 0.0839. The van der Waals surface area contributed by atoms with Gasteiger partial charge in [0, 0.05) is 48.5 Å². The summed E-state index contributed by atoms with van der Waals surface area (Å²) in [7, 11) is 0. The number of hydrogen-bond acceptors (Lipinski definition) is 4. The van der Waals surface area contributed by atoms with Crippen LogP contribution in [0.15, 0.2) is 47.9 Å². The topological polar surface area (TPSA) is 49.6 Å². The Kier molecular flexibility index (Phi) is 4.44. The molecule has 0 radical (unpaired) electrons. The highest BCUT2D eigenvalue weighted by atomic mass is 32.1. The molecule has 2 heterocycles. The van der Waals surface area contributed by atoms with Crippen molar-refractivity contribution in [3.8, 4) is 0 Å². The van der Waals surface area contributed by atoms with E-state index >= 15 is 0 Å². The lowest BCUT2D eigenvalue weighted by Crippen LogP contribution is -2.48. The molecule has 2 aromatic rings. The van der Waals surface area contributed by atoms with Gasteiger partial charge in [-0.1, -0.05) is 12.1 Å². The predicted octanol–water partition coefficient (Wildman–Crippen LogP) is 2.69. The van der Waals surface area contributed by atoms with Gasteiger partial charge in [-0.05, 0) is 35.7 Å². The van der Waals surface area contributed by atoms with Crippen LogP contribution < -0.4 is 10.6 Å². The third-order valence-corrected chi connectivity index (χ3v) is 4.60. The van der Waals surface area contributed by atoms with Crippen molar-refractivity contribution in [2.24, 2.45) is 0 Å². The van der Waals surface area contributed by atoms with Crippen molar-refractivity contribution >= 4 is 34.7 Å². The summed E-state index contributed by atoms with van der Waals surface area (Å²) in [5.74, 6) is 0.0839. The molecule has 1 aliphatic rings. The van der Waals surface area contributed by atoms with Crippen LogP contribution in [0.4, 0.5) is 11.4 Å². The van der Waals surface area contributed by atoms with Crippen LogP contribution in [0, 0.1) is 0 Å². The van der Waals surface area contributed by atoms with Crippen LogP contribution in [0.3, 0.4) is 0 Å². The first-order chi connectivity index (χ1) is 10.7. The second kappa shape index (κ2) is 6.66. The van der Waals surface area contributed by atoms with E-state index in [1.165, 1.54) is 0 Å². The normalized spacial score (nSPS) is 15.5. The van der Waals surface area contributed by atoms with Crippen LogP contribution in [-0.4, -0.2) is 37.0 Å². The highest BCUT2D eigenvalue weighted by Gasteiger charge is 2.19. The fourth-order valence-electron chi connectivity index (χ4n) is 2.55. The number of anilines is 2. The van der Waals surface area contributed by atoms with Crippen molar-refractivity contribution in [2.45, 2.75) is 0 Å². The van der Waals surface area contributed by atoms with E-state index in [1.807, 2.05) is 46.7 Å². The van der Waals surface area contributed by atoms with Gasteiger partial charge in [-0.3, -0.25) is 4.79 Å². The number of nitrogen functional groups attached to an aromatic ring is 1. The van der Waals surface area contributed by atoms with Gasteiger partial charge in [0.2, 0.25) is 5.91 Å². The number of hydrogen-bond donors (Lipinski definition) is 1. The zero-order valence-corrected chi connectivity index (χ0v) is 13.1. The second-order valence-corrected chi connectivity index (χ2v) is 6.24. The maximum atomic E-state index is 12.2. The third-order valence-electron chi connectivity index (χ3n) is 3.76. The van der Waals surface area contributed by atoms with Gasteiger partial charge >= 0.3 is 0 Å². The standard InChI is InChI=1S/C17H19N3OS/c18-14-3-1-4-15(13-14)19-8-10-20(11-9-19)17(21)7-6-16-5-2-12-22-16/h1-7,12-13H,8-11,18H2/b7-6+. The molecule has 1 saturated heterocycles. The van der Waals surface area contributed by atoms with E-state index in [9.17, 15) is 4.79 Å². The van der Waals surface area contributed by atoms with E-state index in [-0.39, 0.29) is 5.91 Å². The number of nitrogens with two attached hydrogens (primary N) is 1. The SMILES string of the molecule is Nc1cccc(N2CCN(C(=O)/C=C/c3cccs3)CC2)c1. The van der Waals surface area contributed by atoms with Gasteiger partial charge in [0.25, 0.3) is 0 Å². The van der Waals surface area contributed by atoms with E-state index in [1.54, 1.807) is 17.4 Å². The number of amides is 1. The molecule has 1 aromatic carbocycles. The van der Waals surface area contributed by atoms with Crippen LogP contribution in [0.25, 0.3) is 6.08 Å². The molecule has 5 heteroatoms. The molecule has 4 nitrogen and oxygen atoms in total. The van der Waals surface area contributed by atoms with Gasteiger partial charge in [-0.15, -0.1) is 11.3 Å². The summed E-state index contributed by atoms with van der Waals surface area (Å²) in [6.45, 7) is 3.15. The van der Waals surface area contributed by atoms with Crippen molar-refractivity contribution in [1.29, 1.82) is 0 Å². The smallest absolute Gasteiger partial charge is 0.246 e. The first-order valence-electron chi connectivity index (χ1n) is 7.33. The van der Waals surface area contributed by atoms with Crippen molar-refractivity contribution in [3.05, 3.63) is 52.7 Å². The van der Waals surface area contributed by atoms with Gasteiger partial charge in [-0.2, -0.15) is 0 Å². The number of carbonyl (C=O) groups is 1. The Morgan fingerprint density at radius 2 is 1.95 bits per heavy atom. The number of carbonyl (C=O) groups excluding carboxylic acids is 1. The lowest BCUT2D eigenvalue weighted by molar-refractivity contribution is -0.126. The maximum Gasteiger partial charge on any atom is 0.246 e. The van der Waals surface area contributed by atoms with Gasteiger partial charge in [0.15, 0.2) is 0 Å². The quantitative estimate of drug-likeness (QED) is 0.700. The molecule has 1 aliphatic heterocycles. The molecule has 0 unspecified atom stereocenters. The van der Waals surface area contributed by atoms with Gasteiger partial charge in [-0.25, -0.2) is 0 Å². The monoisotopic (exact) mass is 313 g/mol. The Bertz CT molecular complexity index is 658. The largest absolute Gasteiger partial charge is 0.399 e. The average Bonchev–Trinajstić information content (AvgIpc) is 3.06. The van der Waals surface area contributed by atoms with E-state index in [2.05, 4.69) is 11.0 Å². The van der Waals surface area contributed by atoms with E-state index < -0.39 is 0 Å². The summed E-state index contributed by atoms with van der Waals surface area (Å²) in [6, 6.07) is 11.9. The average molecular weight is 313 g/mol. The Morgan fingerprint density at radius 3 is 2.64 bits per heavy atom. The highest BCUT2D eigenvalue weighted by Crippen LogP contribution is 2.19. The van der Waals surface area contributed by atoms with Gasteiger partial charge < -0.3 is 15.5 Å². The van der Waals surface area contributed by atoms with Crippen LogP contribution in [0.1, 0.15) is 4.88 Å². The first-order valence-corrected chi connectivity index (χ1v) is 8.21. The first kappa shape index (κ1) is 14.7. The van der Waals surface area contributed by atoms with Crippen LogP contribution >= 0.6 is 11.3 Å². The molecule has 0 spiro atoms. The number of benzene rings is 1. The molecule has 0 saturated carbocycles. The fraction of sp³-hybridized carbons (Fsp3) is 0.235. The summed E-state index contributed by atoms with van der Waals surface area (Å²) in [5.41, 5.74) is 7.73. The van der Waals surface area contributed by atoms with Crippen molar-refractivity contribution in [2.75, 3.05) is 36.8 Å². The predicted molar refractivity (Wildman–Crippen MR) is 93.0 cm³/mol. The van der Waals surface area contributed by atoms with Crippen LogP contribution in [0.5, 0.6) is 0 Å². The van der Waals surface area contributed by atoms with Gasteiger partial charge in [0.1, 0.15) is 0 Å². The third kappa shape index (κ3) is 3.49. The summed E-state index contributed by atoms with van der Waals surface area (Å²) in [4.78, 5) is 17.5.